The van der Waals surface area contributed by atoms with Crippen LogP contribution in [0.4, 0.5) is 5.69 Å². The predicted molar refractivity (Wildman–Crippen MR) is 159 cm³/mol. The maximum Gasteiger partial charge on any atom is 0.165 e. The average molecular weight is 509 g/mol. The molecule has 1 N–H and O–H groups in total. The topological polar surface area (TPSA) is 42.2 Å². The highest BCUT2D eigenvalue weighted by molar-refractivity contribution is 8.00. The van der Waals surface area contributed by atoms with Gasteiger partial charge in [0.05, 0.1) is 11.1 Å². The van der Waals surface area contributed by atoms with Gasteiger partial charge in [-0.3, -0.25) is 4.40 Å². The molecule has 0 saturated heterocycles. The SMILES string of the molecule is C1=CCC(C2Nc3ccc(-c4cccc(-c5nc6c(nc7ccccn76)c6ccccc56)c4)cc3S2)C=C1. The van der Waals surface area contributed by atoms with Crippen LogP contribution in [-0.4, -0.2) is 19.7 Å². The molecule has 0 radical (unpaired) electrons. The Hall–Kier alpha value is -4.35. The monoisotopic (exact) mass is 508 g/mol. The molecule has 8 rings (SSSR count). The Bertz CT molecular complexity index is 1930. The fraction of sp³-hybridized carbons (Fsp3) is 0.0909. The van der Waals surface area contributed by atoms with Crippen molar-refractivity contribution in [3.05, 3.63) is 115 Å². The number of rotatable bonds is 3. The number of fused-ring (bicyclic) bond motifs is 6. The highest BCUT2D eigenvalue weighted by atomic mass is 32.2. The van der Waals surface area contributed by atoms with Crippen molar-refractivity contribution in [1.82, 2.24) is 14.4 Å². The second-order valence-electron chi connectivity index (χ2n) is 9.91. The van der Waals surface area contributed by atoms with Crippen LogP contribution in [0.3, 0.4) is 0 Å². The molecular weight excluding hydrogens is 484 g/mol. The zero-order valence-corrected chi connectivity index (χ0v) is 21.4. The summed E-state index contributed by atoms with van der Waals surface area (Å²) < 4.78 is 2.08. The molecule has 0 saturated carbocycles. The van der Waals surface area contributed by atoms with Crippen LogP contribution >= 0.6 is 11.8 Å². The number of imidazole rings is 1. The van der Waals surface area contributed by atoms with E-state index in [0.29, 0.717) is 11.3 Å². The Morgan fingerprint density at radius 2 is 1.66 bits per heavy atom. The molecule has 0 amide bonds. The van der Waals surface area contributed by atoms with Gasteiger partial charge in [0, 0.05) is 39.0 Å². The number of thioether (sulfide) groups is 1. The number of nitrogens with one attached hydrogen (secondary N) is 1. The van der Waals surface area contributed by atoms with Crippen LogP contribution < -0.4 is 5.32 Å². The smallest absolute Gasteiger partial charge is 0.165 e. The van der Waals surface area contributed by atoms with Gasteiger partial charge in [-0.1, -0.05) is 90.7 Å². The van der Waals surface area contributed by atoms with E-state index >= 15 is 0 Å². The molecule has 2 aliphatic rings. The van der Waals surface area contributed by atoms with Crippen LogP contribution in [-0.2, 0) is 0 Å². The molecule has 0 fully saturated rings. The average Bonchev–Trinajstić information content (AvgIpc) is 3.59. The summed E-state index contributed by atoms with van der Waals surface area (Å²) in [7, 11) is 0. The molecule has 182 valence electrons. The zero-order valence-electron chi connectivity index (χ0n) is 20.6. The van der Waals surface area contributed by atoms with Gasteiger partial charge in [0.25, 0.3) is 0 Å². The van der Waals surface area contributed by atoms with Gasteiger partial charge < -0.3 is 5.32 Å². The van der Waals surface area contributed by atoms with E-state index in [1.807, 2.05) is 36.2 Å². The van der Waals surface area contributed by atoms with Crippen LogP contribution in [0.15, 0.2) is 120 Å². The second kappa shape index (κ2) is 8.61. The third-order valence-electron chi connectivity index (χ3n) is 7.56. The van der Waals surface area contributed by atoms with Crippen molar-refractivity contribution in [1.29, 1.82) is 0 Å². The molecule has 4 nitrogen and oxygen atoms in total. The van der Waals surface area contributed by atoms with Gasteiger partial charge in [0.15, 0.2) is 5.65 Å². The lowest BCUT2D eigenvalue weighted by Gasteiger charge is -2.20. The minimum atomic E-state index is 0.376. The van der Waals surface area contributed by atoms with Crippen molar-refractivity contribution in [2.45, 2.75) is 16.7 Å². The van der Waals surface area contributed by atoms with Gasteiger partial charge in [-0.2, -0.15) is 0 Å². The normalized spacial score (nSPS) is 18.3. The number of nitrogens with zero attached hydrogens (tertiary/aromatic N) is 3. The first-order valence-electron chi connectivity index (χ1n) is 13.0. The highest BCUT2D eigenvalue weighted by Gasteiger charge is 2.27. The first kappa shape index (κ1) is 21.7. The van der Waals surface area contributed by atoms with Gasteiger partial charge in [0.2, 0.25) is 0 Å². The molecule has 3 aromatic heterocycles. The van der Waals surface area contributed by atoms with Crippen LogP contribution in [0.5, 0.6) is 0 Å². The third kappa shape index (κ3) is 3.46. The van der Waals surface area contributed by atoms with E-state index in [4.69, 9.17) is 9.97 Å². The maximum atomic E-state index is 5.19. The van der Waals surface area contributed by atoms with Crippen LogP contribution in [0, 0.1) is 5.92 Å². The van der Waals surface area contributed by atoms with E-state index in [-0.39, 0.29) is 0 Å². The van der Waals surface area contributed by atoms with Crippen molar-refractivity contribution in [3.8, 4) is 22.4 Å². The van der Waals surface area contributed by atoms with Crippen molar-refractivity contribution in [2.75, 3.05) is 5.32 Å². The van der Waals surface area contributed by atoms with Gasteiger partial charge >= 0.3 is 0 Å². The summed E-state index contributed by atoms with van der Waals surface area (Å²) >= 11 is 1.94. The van der Waals surface area contributed by atoms with E-state index in [1.165, 1.54) is 21.7 Å². The highest BCUT2D eigenvalue weighted by Crippen LogP contribution is 2.45. The minimum Gasteiger partial charge on any atom is -0.372 e. The lowest BCUT2D eigenvalue weighted by atomic mass is 9.98. The summed E-state index contributed by atoms with van der Waals surface area (Å²) in [5, 5.41) is 6.35. The number of anilines is 1. The fourth-order valence-electron chi connectivity index (χ4n) is 5.66. The number of benzene rings is 3. The molecule has 38 heavy (non-hydrogen) atoms. The van der Waals surface area contributed by atoms with Gasteiger partial charge in [-0.15, -0.1) is 0 Å². The van der Waals surface area contributed by atoms with Gasteiger partial charge in [0.1, 0.15) is 11.2 Å². The Labute approximate surface area is 224 Å². The summed E-state index contributed by atoms with van der Waals surface area (Å²) in [5.41, 5.74) is 8.47. The van der Waals surface area contributed by atoms with E-state index in [1.54, 1.807) is 0 Å². The molecule has 3 aromatic carbocycles. The van der Waals surface area contributed by atoms with Crippen molar-refractivity contribution in [2.24, 2.45) is 5.92 Å². The summed E-state index contributed by atoms with van der Waals surface area (Å²) in [5.74, 6) is 0.512. The van der Waals surface area contributed by atoms with E-state index in [9.17, 15) is 0 Å². The summed E-state index contributed by atoms with van der Waals surface area (Å²) in [4.78, 5) is 11.4. The van der Waals surface area contributed by atoms with Gasteiger partial charge in [-0.25, -0.2) is 9.97 Å². The molecule has 1 aliphatic heterocycles. The molecule has 1 aliphatic carbocycles. The van der Waals surface area contributed by atoms with Gasteiger partial charge in [-0.05, 0) is 47.9 Å². The fourth-order valence-corrected chi connectivity index (χ4v) is 6.94. The standard InChI is InChI=1S/C33H24N4S/c1-2-9-21(10-3-1)33-34-27-17-16-23(20-28(27)38-33)22-11-8-12-24(19-22)30-25-13-4-5-14-26(25)31-32(36-30)37-18-7-6-15-29(37)35-31/h1-9,11-21,33-34H,10H2. The van der Waals surface area contributed by atoms with E-state index in [0.717, 1.165) is 45.3 Å². The first-order chi connectivity index (χ1) is 18.8. The van der Waals surface area contributed by atoms with Crippen molar-refractivity contribution in [3.63, 3.8) is 0 Å². The lowest BCUT2D eigenvalue weighted by Crippen LogP contribution is -2.21. The number of hydrogen-bond donors (Lipinski definition) is 1. The molecule has 2 atom stereocenters. The Morgan fingerprint density at radius 3 is 2.58 bits per heavy atom. The summed E-state index contributed by atoms with van der Waals surface area (Å²) in [6.45, 7) is 0. The van der Waals surface area contributed by atoms with Crippen LogP contribution in [0.1, 0.15) is 6.42 Å². The second-order valence-corrected chi connectivity index (χ2v) is 11.1. The number of aromatic nitrogens is 3. The van der Waals surface area contributed by atoms with E-state index in [2.05, 4.69) is 101 Å². The minimum absolute atomic E-state index is 0.376. The Kier molecular flexibility index (Phi) is 4.92. The first-order valence-corrected chi connectivity index (χ1v) is 13.9. The van der Waals surface area contributed by atoms with Crippen molar-refractivity contribution >= 4 is 45.0 Å². The lowest BCUT2D eigenvalue weighted by molar-refractivity contribution is 0.662. The summed E-state index contributed by atoms with van der Waals surface area (Å²) in [6.07, 6.45) is 12.0. The van der Waals surface area contributed by atoms with Crippen LogP contribution in [0.25, 0.3) is 50.0 Å². The van der Waals surface area contributed by atoms with E-state index < -0.39 is 0 Å². The van der Waals surface area contributed by atoms with Crippen molar-refractivity contribution < 1.29 is 0 Å². The maximum absolute atomic E-state index is 5.19. The molecule has 6 aromatic rings. The summed E-state index contributed by atoms with van der Waals surface area (Å²) in [6, 6.07) is 30.1. The third-order valence-corrected chi connectivity index (χ3v) is 8.88. The molecule has 4 heterocycles. The molecular formula is C33H24N4S. The molecule has 0 bridgehead atoms. The quantitative estimate of drug-likeness (QED) is 0.261. The predicted octanol–water partition coefficient (Wildman–Crippen LogP) is 8.35. The Morgan fingerprint density at radius 1 is 0.789 bits per heavy atom. The molecule has 2 unspecified atom stereocenters. The largest absolute Gasteiger partial charge is 0.372 e. The molecule has 5 heteroatoms. The van der Waals surface area contributed by atoms with Crippen LogP contribution in [0.2, 0.25) is 0 Å². The number of pyridine rings is 2. The molecule has 0 spiro atoms. The Balaban J connectivity index is 1.22. The number of hydrogen-bond acceptors (Lipinski definition) is 4. The zero-order chi connectivity index (χ0) is 25.1. The number of allylic oxidation sites excluding steroid dienone is 3.